The summed E-state index contributed by atoms with van der Waals surface area (Å²) in [6, 6.07) is 9.95. The zero-order valence-electron chi connectivity index (χ0n) is 10.2. The number of aliphatic carboxylic acids is 1. The van der Waals surface area contributed by atoms with E-state index in [-0.39, 0.29) is 0 Å². The van der Waals surface area contributed by atoms with Gasteiger partial charge in [-0.05, 0) is 18.9 Å². The molecule has 3 heteroatoms. The van der Waals surface area contributed by atoms with E-state index in [2.05, 4.69) is 0 Å². The van der Waals surface area contributed by atoms with Crippen molar-refractivity contribution in [2.45, 2.75) is 31.3 Å². The summed E-state index contributed by atoms with van der Waals surface area (Å²) in [6.07, 6.45) is 2.86. The van der Waals surface area contributed by atoms with Gasteiger partial charge in [-0.1, -0.05) is 48.9 Å². The Morgan fingerprint density at radius 1 is 1.41 bits per heavy atom. The third-order valence-corrected chi connectivity index (χ3v) is 3.83. The summed E-state index contributed by atoms with van der Waals surface area (Å²) in [4.78, 5) is 11.2. The minimum Gasteiger partial charge on any atom is -0.480 e. The van der Waals surface area contributed by atoms with Crippen LogP contribution in [0.1, 0.15) is 25.8 Å². The van der Waals surface area contributed by atoms with Gasteiger partial charge in [0.15, 0.2) is 0 Å². The van der Waals surface area contributed by atoms with Gasteiger partial charge >= 0.3 is 5.97 Å². The zero-order valence-corrected chi connectivity index (χ0v) is 11.0. The first-order valence-corrected chi connectivity index (χ1v) is 6.75. The topological polar surface area (TPSA) is 37.3 Å². The molecule has 92 valence electrons. The molecule has 1 unspecified atom stereocenters. The first-order valence-electron chi connectivity index (χ1n) is 5.70. The number of hydrogen-bond acceptors (Lipinski definition) is 2. The molecular formula is C14H18O2S. The van der Waals surface area contributed by atoms with Crippen LogP contribution in [-0.4, -0.2) is 16.3 Å². The lowest BCUT2D eigenvalue weighted by atomic mass is 10.2. The van der Waals surface area contributed by atoms with Crippen molar-refractivity contribution < 1.29 is 9.90 Å². The van der Waals surface area contributed by atoms with Crippen molar-refractivity contribution in [3.8, 4) is 0 Å². The Kier molecular flexibility index (Phi) is 5.84. The number of thioether (sulfide) groups is 1. The molecule has 0 amide bonds. The Hall–Kier alpha value is -1.22. The summed E-state index contributed by atoms with van der Waals surface area (Å²) in [7, 11) is 0. The third kappa shape index (κ3) is 4.65. The number of hydrogen-bond donors (Lipinski definition) is 1. The van der Waals surface area contributed by atoms with Gasteiger partial charge in [-0.25, -0.2) is 0 Å². The van der Waals surface area contributed by atoms with Crippen LogP contribution in [0.3, 0.4) is 0 Å². The fraction of sp³-hybridized carbons (Fsp3) is 0.357. The molecule has 2 nitrogen and oxygen atoms in total. The zero-order chi connectivity index (χ0) is 12.7. The Morgan fingerprint density at radius 2 is 2.06 bits per heavy atom. The fourth-order valence-corrected chi connectivity index (χ4v) is 2.63. The summed E-state index contributed by atoms with van der Waals surface area (Å²) in [5.74, 6) is -0.0275. The van der Waals surface area contributed by atoms with E-state index in [0.29, 0.717) is 0 Å². The Bertz CT molecular complexity index is 384. The lowest BCUT2D eigenvalue weighted by molar-refractivity contribution is -0.135. The third-order valence-electron chi connectivity index (χ3n) is 2.42. The summed E-state index contributed by atoms with van der Waals surface area (Å²) >= 11 is 1.46. The number of carbonyl (C=O) groups is 1. The van der Waals surface area contributed by atoms with Crippen molar-refractivity contribution in [3.63, 3.8) is 0 Å². The van der Waals surface area contributed by atoms with Crippen molar-refractivity contribution >= 4 is 17.7 Å². The summed E-state index contributed by atoms with van der Waals surface area (Å²) in [5.41, 5.74) is 2.09. The van der Waals surface area contributed by atoms with E-state index in [9.17, 15) is 9.90 Å². The minimum absolute atomic E-state index is 0.435. The predicted octanol–water partition coefficient (Wildman–Crippen LogP) is 3.73. The quantitative estimate of drug-likeness (QED) is 0.782. The number of allylic oxidation sites excluding steroid dienone is 1. The molecule has 1 N–H and O–H groups in total. The Balaban J connectivity index is 2.63. The van der Waals surface area contributed by atoms with E-state index in [4.69, 9.17) is 0 Å². The lowest BCUT2D eigenvalue weighted by Crippen LogP contribution is -2.17. The SMILES string of the molecule is CC/C=C(\C)C(SCc1ccccc1)C(=O)O. The van der Waals surface area contributed by atoms with E-state index in [1.165, 1.54) is 11.8 Å². The second-order valence-corrected chi connectivity index (χ2v) is 4.96. The van der Waals surface area contributed by atoms with Crippen LogP contribution in [-0.2, 0) is 10.5 Å². The van der Waals surface area contributed by atoms with E-state index in [0.717, 1.165) is 23.3 Å². The van der Waals surface area contributed by atoms with E-state index >= 15 is 0 Å². The lowest BCUT2D eigenvalue weighted by Gasteiger charge is -2.12. The highest BCUT2D eigenvalue weighted by atomic mass is 32.2. The smallest absolute Gasteiger partial charge is 0.320 e. The molecule has 0 heterocycles. The van der Waals surface area contributed by atoms with Gasteiger partial charge in [0.1, 0.15) is 5.25 Å². The van der Waals surface area contributed by atoms with Gasteiger partial charge in [-0.15, -0.1) is 11.8 Å². The molecule has 17 heavy (non-hydrogen) atoms. The van der Waals surface area contributed by atoms with Gasteiger partial charge in [0, 0.05) is 5.75 Å². The number of benzene rings is 1. The molecule has 0 bridgehead atoms. The summed E-state index contributed by atoms with van der Waals surface area (Å²) in [5, 5.41) is 8.75. The van der Waals surface area contributed by atoms with Crippen LogP contribution >= 0.6 is 11.8 Å². The van der Waals surface area contributed by atoms with Gasteiger partial charge in [-0.2, -0.15) is 0 Å². The average Bonchev–Trinajstić information content (AvgIpc) is 2.30. The largest absolute Gasteiger partial charge is 0.480 e. The molecule has 0 spiro atoms. The number of rotatable bonds is 6. The fourth-order valence-electron chi connectivity index (χ4n) is 1.58. The van der Waals surface area contributed by atoms with Crippen molar-refractivity contribution in [2.75, 3.05) is 0 Å². The minimum atomic E-state index is -0.756. The standard InChI is InChI=1S/C14H18O2S/c1-3-7-11(2)13(14(15)16)17-10-12-8-5-4-6-9-12/h4-9,13H,3,10H2,1-2H3,(H,15,16)/b11-7+. The second-order valence-electron chi connectivity index (χ2n) is 3.87. The molecule has 0 saturated carbocycles. The molecule has 0 fully saturated rings. The van der Waals surface area contributed by atoms with Gasteiger partial charge < -0.3 is 5.11 Å². The van der Waals surface area contributed by atoms with Gasteiger partial charge in [-0.3, -0.25) is 4.79 Å². The first kappa shape index (κ1) is 13.8. The van der Waals surface area contributed by atoms with Crippen LogP contribution in [0.25, 0.3) is 0 Å². The molecule has 1 atom stereocenters. The molecule has 0 aliphatic heterocycles. The van der Waals surface area contributed by atoms with E-state index in [1.54, 1.807) is 0 Å². The molecule has 1 aromatic carbocycles. The maximum Gasteiger partial charge on any atom is 0.320 e. The Morgan fingerprint density at radius 3 is 2.59 bits per heavy atom. The monoisotopic (exact) mass is 250 g/mol. The molecule has 0 radical (unpaired) electrons. The predicted molar refractivity (Wildman–Crippen MR) is 73.2 cm³/mol. The second kappa shape index (κ2) is 7.17. The molecule has 0 aliphatic carbocycles. The highest BCUT2D eigenvalue weighted by Gasteiger charge is 2.19. The van der Waals surface area contributed by atoms with E-state index in [1.807, 2.05) is 50.3 Å². The van der Waals surface area contributed by atoms with Crippen LogP contribution in [0, 0.1) is 0 Å². The molecule has 0 aliphatic rings. The molecule has 0 saturated heterocycles. The molecule has 0 aromatic heterocycles. The Labute approximate surface area is 107 Å². The van der Waals surface area contributed by atoms with Crippen LogP contribution in [0.15, 0.2) is 42.0 Å². The van der Waals surface area contributed by atoms with Gasteiger partial charge in [0.05, 0.1) is 0 Å². The number of carboxylic acid groups (broad SMARTS) is 1. The number of carboxylic acids is 1. The molecule has 1 aromatic rings. The van der Waals surface area contributed by atoms with Crippen LogP contribution in [0.4, 0.5) is 0 Å². The average molecular weight is 250 g/mol. The van der Waals surface area contributed by atoms with Gasteiger partial charge in [0.25, 0.3) is 0 Å². The van der Waals surface area contributed by atoms with Gasteiger partial charge in [0.2, 0.25) is 0 Å². The summed E-state index contributed by atoms with van der Waals surface area (Å²) < 4.78 is 0. The van der Waals surface area contributed by atoms with Crippen LogP contribution in [0.5, 0.6) is 0 Å². The van der Waals surface area contributed by atoms with Crippen molar-refractivity contribution in [1.82, 2.24) is 0 Å². The normalized spacial score (nSPS) is 13.4. The van der Waals surface area contributed by atoms with Crippen LogP contribution in [0.2, 0.25) is 0 Å². The first-order chi connectivity index (χ1) is 8.15. The molecular weight excluding hydrogens is 232 g/mol. The molecule has 1 rings (SSSR count). The van der Waals surface area contributed by atoms with Crippen molar-refractivity contribution in [3.05, 3.63) is 47.5 Å². The maximum absolute atomic E-state index is 11.2. The van der Waals surface area contributed by atoms with E-state index < -0.39 is 11.2 Å². The highest BCUT2D eigenvalue weighted by Crippen LogP contribution is 2.24. The van der Waals surface area contributed by atoms with Crippen molar-refractivity contribution in [1.29, 1.82) is 0 Å². The van der Waals surface area contributed by atoms with Crippen molar-refractivity contribution in [2.24, 2.45) is 0 Å². The maximum atomic E-state index is 11.2. The van der Waals surface area contributed by atoms with Crippen LogP contribution < -0.4 is 0 Å². The summed E-state index contributed by atoms with van der Waals surface area (Å²) in [6.45, 7) is 3.91. The highest BCUT2D eigenvalue weighted by molar-refractivity contribution is 8.00.